The molecule has 1 heterocycles. The van der Waals surface area contributed by atoms with E-state index < -0.39 is 0 Å². The van der Waals surface area contributed by atoms with Crippen molar-refractivity contribution in [3.8, 4) is 0 Å². The second-order valence-corrected chi connectivity index (χ2v) is 6.78. The summed E-state index contributed by atoms with van der Waals surface area (Å²) in [6, 6.07) is 9.71. The van der Waals surface area contributed by atoms with Crippen LogP contribution in [0.15, 0.2) is 30.3 Å². The fraction of sp³-hybridized carbons (Fsp3) is 0.579. The number of likely N-dealkylation sites (tertiary alicyclic amines) is 1. The van der Waals surface area contributed by atoms with Crippen molar-refractivity contribution in [2.24, 2.45) is 5.92 Å². The summed E-state index contributed by atoms with van der Waals surface area (Å²) in [6.07, 6.45) is 3.42. The number of aliphatic hydroxyl groups is 1. The predicted octanol–water partition coefficient (Wildman–Crippen LogP) is 1.67. The average molecular weight is 330 g/mol. The van der Waals surface area contributed by atoms with Gasteiger partial charge in [-0.05, 0) is 18.4 Å². The summed E-state index contributed by atoms with van der Waals surface area (Å²) in [5, 5.41) is 12.8. The van der Waals surface area contributed by atoms with E-state index in [2.05, 4.69) is 5.32 Å². The van der Waals surface area contributed by atoms with Crippen LogP contribution in [0.1, 0.15) is 44.1 Å². The molecule has 1 aliphatic heterocycles. The first-order chi connectivity index (χ1) is 11.7. The van der Waals surface area contributed by atoms with Gasteiger partial charge < -0.3 is 15.3 Å². The molecule has 0 unspecified atom stereocenters. The molecule has 0 spiro atoms. The zero-order valence-corrected chi connectivity index (χ0v) is 14.1. The van der Waals surface area contributed by atoms with Crippen molar-refractivity contribution < 1.29 is 14.7 Å². The highest BCUT2D eigenvalue weighted by atomic mass is 16.3. The molecule has 5 heteroatoms. The van der Waals surface area contributed by atoms with Crippen molar-refractivity contribution in [1.29, 1.82) is 0 Å². The largest absolute Gasteiger partial charge is 0.394 e. The smallest absolute Gasteiger partial charge is 0.226 e. The van der Waals surface area contributed by atoms with Gasteiger partial charge in [0, 0.05) is 24.8 Å². The van der Waals surface area contributed by atoms with Gasteiger partial charge in [-0.15, -0.1) is 0 Å². The van der Waals surface area contributed by atoms with Gasteiger partial charge in [-0.25, -0.2) is 0 Å². The lowest BCUT2D eigenvalue weighted by atomic mass is 9.72. The quantitative estimate of drug-likeness (QED) is 0.833. The van der Waals surface area contributed by atoms with Crippen molar-refractivity contribution in [3.63, 3.8) is 0 Å². The van der Waals surface area contributed by atoms with E-state index in [9.17, 15) is 14.7 Å². The van der Waals surface area contributed by atoms with Gasteiger partial charge in [0.1, 0.15) is 0 Å². The van der Waals surface area contributed by atoms with Gasteiger partial charge in [0.15, 0.2) is 0 Å². The molecule has 1 aliphatic carbocycles. The Morgan fingerprint density at radius 1 is 1.21 bits per heavy atom. The highest BCUT2D eigenvalue weighted by Crippen LogP contribution is 2.43. The first-order valence-electron chi connectivity index (χ1n) is 8.92. The molecule has 0 aromatic heterocycles. The minimum atomic E-state index is -0.191. The highest BCUT2D eigenvalue weighted by molar-refractivity contribution is 5.82. The molecule has 1 aromatic rings. The van der Waals surface area contributed by atoms with Crippen LogP contribution in [-0.2, 0) is 9.59 Å². The zero-order valence-electron chi connectivity index (χ0n) is 14.1. The maximum Gasteiger partial charge on any atom is 0.226 e. The highest BCUT2D eigenvalue weighted by Gasteiger charge is 2.52. The molecule has 5 nitrogen and oxygen atoms in total. The summed E-state index contributed by atoms with van der Waals surface area (Å²) < 4.78 is 0. The number of carbonyl (C=O) groups excluding carboxylic acids is 2. The van der Waals surface area contributed by atoms with Crippen LogP contribution in [0.25, 0.3) is 0 Å². The Balaban J connectivity index is 1.80. The summed E-state index contributed by atoms with van der Waals surface area (Å²) in [6.45, 7) is 2.22. The molecule has 3 rings (SSSR count). The molecule has 2 amide bonds. The van der Waals surface area contributed by atoms with E-state index in [0.29, 0.717) is 13.0 Å². The SMILES string of the molecule is CCC(=O)NC[C@@H]1[C@@H](c2ccccc2)[C@H](CO)N1C(=O)C1CCC1. The van der Waals surface area contributed by atoms with Crippen molar-refractivity contribution in [1.82, 2.24) is 10.2 Å². The third-order valence-electron chi connectivity index (χ3n) is 5.45. The molecule has 24 heavy (non-hydrogen) atoms. The first-order valence-corrected chi connectivity index (χ1v) is 8.92. The van der Waals surface area contributed by atoms with Gasteiger partial charge in [-0.2, -0.15) is 0 Å². The van der Waals surface area contributed by atoms with Crippen molar-refractivity contribution in [2.75, 3.05) is 13.2 Å². The van der Waals surface area contributed by atoms with Crippen LogP contribution in [0.3, 0.4) is 0 Å². The minimum Gasteiger partial charge on any atom is -0.394 e. The number of hydrogen-bond donors (Lipinski definition) is 2. The lowest BCUT2D eigenvalue weighted by Gasteiger charge is -2.56. The molecule has 2 N–H and O–H groups in total. The number of aliphatic hydroxyl groups excluding tert-OH is 1. The molecule has 1 saturated carbocycles. The third-order valence-corrected chi connectivity index (χ3v) is 5.45. The second-order valence-electron chi connectivity index (χ2n) is 6.78. The number of nitrogens with one attached hydrogen (secondary N) is 1. The van der Waals surface area contributed by atoms with Crippen LogP contribution in [-0.4, -0.2) is 47.1 Å². The van der Waals surface area contributed by atoms with Crippen molar-refractivity contribution in [3.05, 3.63) is 35.9 Å². The molecule has 2 aliphatic rings. The lowest BCUT2D eigenvalue weighted by Crippen LogP contribution is -2.69. The van der Waals surface area contributed by atoms with Crippen LogP contribution in [0.5, 0.6) is 0 Å². The fourth-order valence-electron chi connectivity index (χ4n) is 3.83. The zero-order chi connectivity index (χ0) is 17.1. The number of hydrogen-bond acceptors (Lipinski definition) is 3. The van der Waals surface area contributed by atoms with Crippen molar-refractivity contribution in [2.45, 2.75) is 50.6 Å². The second kappa shape index (κ2) is 7.34. The Kier molecular flexibility index (Phi) is 5.19. The summed E-state index contributed by atoms with van der Waals surface area (Å²) in [7, 11) is 0. The Hall–Kier alpha value is -1.88. The molecular formula is C19H26N2O3. The summed E-state index contributed by atoms with van der Waals surface area (Å²) >= 11 is 0. The van der Waals surface area contributed by atoms with Gasteiger partial charge in [0.2, 0.25) is 11.8 Å². The van der Waals surface area contributed by atoms with E-state index in [1.807, 2.05) is 42.2 Å². The molecular weight excluding hydrogens is 304 g/mol. The number of rotatable bonds is 6. The maximum absolute atomic E-state index is 12.8. The summed E-state index contributed by atoms with van der Waals surface area (Å²) in [5.74, 6) is 0.297. The van der Waals surface area contributed by atoms with Gasteiger partial charge in [0.05, 0.1) is 18.7 Å². The van der Waals surface area contributed by atoms with E-state index in [0.717, 1.165) is 24.8 Å². The molecule has 2 fully saturated rings. The number of carbonyl (C=O) groups is 2. The van der Waals surface area contributed by atoms with E-state index in [1.54, 1.807) is 0 Å². The van der Waals surface area contributed by atoms with Gasteiger partial charge in [-0.1, -0.05) is 43.7 Å². The van der Waals surface area contributed by atoms with Crippen LogP contribution in [0.4, 0.5) is 0 Å². The van der Waals surface area contributed by atoms with E-state index in [1.165, 1.54) is 0 Å². The monoisotopic (exact) mass is 330 g/mol. The van der Waals surface area contributed by atoms with Gasteiger partial charge >= 0.3 is 0 Å². The van der Waals surface area contributed by atoms with Gasteiger partial charge in [-0.3, -0.25) is 9.59 Å². The Bertz CT molecular complexity index is 586. The Morgan fingerprint density at radius 3 is 2.46 bits per heavy atom. The maximum atomic E-state index is 12.8. The molecule has 1 saturated heterocycles. The average Bonchev–Trinajstić information content (AvgIpc) is 2.53. The molecule has 1 aromatic carbocycles. The topological polar surface area (TPSA) is 69.6 Å². The van der Waals surface area contributed by atoms with E-state index in [4.69, 9.17) is 0 Å². The van der Waals surface area contributed by atoms with Crippen LogP contribution < -0.4 is 5.32 Å². The lowest BCUT2D eigenvalue weighted by molar-refractivity contribution is -0.158. The normalized spacial score (nSPS) is 26.4. The minimum absolute atomic E-state index is 0.00898. The third kappa shape index (κ3) is 3.05. The van der Waals surface area contributed by atoms with Crippen LogP contribution >= 0.6 is 0 Å². The molecule has 130 valence electrons. The fourth-order valence-corrected chi connectivity index (χ4v) is 3.83. The van der Waals surface area contributed by atoms with Crippen molar-refractivity contribution >= 4 is 11.8 Å². The molecule has 3 atom stereocenters. The Morgan fingerprint density at radius 2 is 1.92 bits per heavy atom. The van der Waals surface area contributed by atoms with Crippen LogP contribution in [0.2, 0.25) is 0 Å². The van der Waals surface area contributed by atoms with E-state index >= 15 is 0 Å². The van der Waals surface area contributed by atoms with Gasteiger partial charge in [0.25, 0.3) is 0 Å². The molecule has 0 bridgehead atoms. The number of nitrogens with zero attached hydrogens (tertiary/aromatic N) is 1. The van der Waals surface area contributed by atoms with E-state index in [-0.39, 0.29) is 42.3 Å². The molecule has 0 radical (unpaired) electrons. The predicted molar refractivity (Wildman–Crippen MR) is 91.3 cm³/mol. The van der Waals surface area contributed by atoms with Crippen LogP contribution in [0, 0.1) is 5.92 Å². The summed E-state index contributed by atoms with van der Waals surface area (Å²) in [4.78, 5) is 26.3. The number of benzene rings is 1. The Labute approximate surface area is 143 Å². The first kappa shape index (κ1) is 17.0. The number of amides is 2. The summed E-state index contributed by atoms with van der Waals surface area (Å²) in [5.41, 5.74) is 1.12. The standard InChI is InChI=1S/C19H26N2O3/c1-2-17(23)20-11-15-18(13-7-4-3-5-8-13)16(12-22)21(15)19(24)14-9-6-10-14/h3-5,7-8,14-16,18,22H,2,6,9-12H2,1H3,(H,20,23)/t15-,16+,18-/m1/s1.